The van der Waals surface area contributed by atoms with Crippen LogP contribution in [0.25, 0.3) is 10.9 Å². The largest absolute Gasteiger partial charge is 0.412 e. The molecule has 4 bridgehead atoms. The van der Waals surface area contributed by atoms with Crippen LogP contribution >= 0.6 is 0 Å². The lowest BCUT2D eigenvalue weighted by molar-refractivity contribution is -0.0137. The molecule has 2 saturated heterocycles. The van der Waals surface area contributed by atoms with Gasteiger partial charge in [0.25, 0.3) is 0 Å². The van der Waals surface area contributed by atoms with Crippen LogP contribution in [0, 0.1) is 11.8 Å². The van der Waals surface area contributed by atoms with E-state index in [0.29, 0.717) is 30.2 Å². The maximum absolute atomic E-state index is 12.3. The van der Waals surface area contributed by atoms with Crippen molar-refractivity contribution in [3.05, 3.63) is 29.5 Å². The summed E-state index contributed by atoms with van der Waals surface area (Å²) in [4.78, 5) is 29.2. The van der Waals surface area contributed by atoms with Gasteiger partial charge >= 0.3 is 6.09 Å². The quantitative estimate of drug-likeness (QED) is 0.702. The molecule has 1 amide bonds. The highest BCUT2D eigenvalue weighted by molar-refractivity contribution is 5.92. The van der Waals surface area contributed by atoms with Crippen molar-refractivity contribution < 1.29 is 14.3 Å². The summed E-state index contributed by atoms with van der Waals surface area (Å²) in [5.41, 5.74) is 3.40. The topological polar surface area (TPSA) is 66.8 Å². The molecule has 4 heterocycles. The Hall–Kier alpha value is -2.38. The fourth-order valence-electron chi connectivity index (χ4n) is 6.57. The Labute approximate surface area is 189 Å². The summed E-state index contributed by atoms with van der Waals surface area (Å²) < 4.78 is 7.45. The number of likely N-dealkylation sites (N-methyl/N-ethyl adjacent to an activating group) is 1. The van der Waals surface area contributed by atoms with Gasteiger partial charge in [0.2, 0.25) is 6.41 Å². The molecule has 1 N–H and O–H groups in total. The summed E-state index contributed by atoms with van der Waals surface area (Å²) in [6, 6.07) is 6.20. The van der Waals surface area contributed by atoms with Crippen LogP contribution in [0.1, 0.15) is 43.4 Å². The minimum atomic E-state index is -0.447. The number of carbonyl (C=O) groups is 2. The maximum Gasteiger partial charge on any atom is 0.412 e. The summed E-state index contributed by atoms with van der Waals surface area (Å²) >= 11 is 0. The molecule has 5 atom stereocenters. The number of fused-ring (bicyclic) bond motifs is 4. The third kappa shape index (κ3) is 3.61. The average molecular weight is 439 g/mol. The number of aromatic nitrogens is 1. The number of amides is 1. The van der Waals surface area contributed by atoms with Gasteiger partial charge in [0.05, 0.1) is 5.52 Å². The van der Waals surface area contributed by atoms with Crippen LogP contribution in [0.15, 0.2) is 18.2 Å². The lowest BCUT2D eigenvalue weighted by Gasteiger charge is -2.53. The number of benzene rings is 1. The second-order valence-corrected chi connectivity index (χ2v) is 9.99. The Morgan fingerprint density at radius 2 is 2.16 bits per heavy atom. The summed E-state index contributed by atoms with van der Waals surface area (Å²) in [5.74, 6) is 2.36. The van der Waals surface area contributed by atoms with Crippen molar-refractivity contribution in [3.8, 4) is 5.75 Å². The molecule has 4 aliphatic rings. The van der Waals surface area contributed by atoms with Crippen LogP contribution in [0.5, 0.6) is 5.75 Å². The number of rotatable bonds is 6. The van der Waals surface area contributed by atoms with Crippen LogP contribution in [0.4, 0.5) is 4.79 Å². The lowest BCUT2D eigenvalue weighted by atomic mass is 9.65. The number of nitrogens with one attached hydrogen (secondary N) is 1. The van der Waals surface area contributed by atoms with Gasteiger partial charge < -0.3 is 15.0 Å². The number of hydrogen-bond acceptors (Lipinski definition) is 5. The predicted molar refractivity (Wildman–Crippen MR) is 125 cm³/mol. The van der Waals surface area contributed by atoms with E-state index in [0.717, 1.165) is 42.7 Å². The normalized spacial score (nSPS) is 28.4. The molecular formula is C25H34N4O3. The minimum Gasteiger partial charge on any atom is -0.410 e. The molecule has 3 aliphatic heterocycles. The highest BCUT2D eigenvalue weighted by Crippen LogP contribution is 2.51. The van der Waals surface area contributed by atoms with E-state index in [1.807, 2.05) is 35.7 Å². The monoisotopic (exact) mass is 438 g/mol. The molecule has 6 rings (SSSR count). The van der Waals surface area contributed by atoms with Crippen LogP contribution in [-0.2, 0) is 11.2 Å². The molecule has 1 aromatic heterocycles. The number of carbonyl (C=O) groups excluding carboxylic acids is 2. The zero-order valence-corrected chi connectivity index (χ0v) is 19.3. The molecule has 3 fully saturated rings. The van der Waals surface area contributed by atoms with Gasteiger partial charge in [-0.1, -0.05) is 13.3 Å². The van der Waals surface area contributed by atoms with Crippen LogP contribution in [-0.4, -0.2) is 73.2 Å². The third-order valence-electron chi connectivity index (χ3n) is 7.82. The molecule has 1 aromatic carbocycles. The third-order valence-corrected chi connectivity index (χ3v) is 7.82. The number of ether oxygens (including phenoxy) is 1. The number of piperidine rings is 2. The standard InChI is InChI=1S/C25H34N4O3/c1-4-17-11-16-12-21-23(17)28(14-16)9-7-19-20-13-18(32-25(31)26-8-10-27(2)3)5-6-22(20)29(15-30)24(19)21/h5-6,13,15-17,21,23H,4,7-12,14H2,1-3H3,(H,26,31)/t16-,17+,21-,23+/m1/s1. The molecule has 0 radical (unpaired) electrons. The predicted octanol–water partition coefficient (Wildman–Crippen LogP) is 3.09. The van der Waals surface area contributed by atoms with Crippen molar-refractivity contribution in [3.63, 3.8) is 0 Å². The fourth-order valence-corrected chi connectivity index (χ4v) is 6.57. The van der Waals surface area contributed by atoms with Gasteiger partial charge in [-0.2, -0.15) is 0 Å². The van der Waals surface area contributed by atoms with Crippen LogP contribution in [0.2, 0.25) is 0 Å². The first-order valence-electron chi connectivity index (χ1n) is 12.0. The summed E-state index contributed by atoms with van der Waals surface area (Å²) in [7, 11) is 3.93. The van der Waals surface area contributed by atoms with E-state index in [-0.39, 0.29) is 0 Å². The SMILES string of the molecule is CC[C@H]1C[C@@H]2C[C@H]3c4c(c5cc(OC(=O)NCCN(C)C)ccc5n4C=O)CCN(C2)[C@@H]13. The van der Waals surface area contributed by atoms with Crippen molar-refractivity contribution in [2.45, 2.75) is 44.6 Å². The van der Waals surface area contributed by atoms with E-state index >= 15 is 0 Å². The Balaban J connectivity index is 1.48. The van der Waals surface area contributed by atoms with Gasteiger partial charge in [0, 0.05) is 49.2 Å². The zero-order chi connectivity index (χ0) is 22.4. The Morgan fingerprint density at radius 3 is 2.91 bits per heavy atom. The second-order valence-electron chi connectivity index (χ2n) is 9.99. The molecular weight excluding hydrogens is 404 g/mol. The van der Waals surface area contributed by atoms with Crippen molar-refractivity contribution in [2.75, 3.05) is 40.3 Å². The van der Waals surface area contributed by atoms with Gasteiger partial charge in [0.1, 0.15) is 5.75 Å². The number of hydrogen-bond donors (Lipinski definition) is 1. The number of nitrogens with zero attached hydrogens (tertiary/aromatic N) is 3. The molecule has 0 spiro atoms. The Morgan fingerprint density at radius 1 is 1.31 bits per heavy atom. The van der Waals surface area contributed by atoms with Crippen molar-refractivity contribution in [2.24, 2.45) is 11.8 Å². The van der Waals surface area contributed by atoms with Crippen LogP contribution < -0.4 is 10.1 Å². The zero-order valence-electron chi connectivity index (χ0n) is 19.3. The molecule has 1 unspecified atom stereocenters. The van der Waals surface area contributed by atoms with E-state index in [1.165, 1.54) is 37.1 Å². The first kappa shape index (κ1) is 21.5. The Kier molecular flexibility index (Phi) is 5.72. The van der Waals surface area contributed by atoms with Crippen LogP contribution in [0.3, 0.4) is 0 Å². The van der Waals surface area contributed by atoms with Crippen molar-refractivity contribution in [1.29, 1.82) is 0 Å². The van der Waals surface area contributed by atoms with E-state index in [1.54, 1.807) is 6.07 Å². The summed E-state index contributed by atoms with van der Waals surface area (Å²) in [6.07, 6.45) is 5.16. The molecule has 1 saturated carbocycles. The van der Waals surface area contributed by atoms with E-state index < -0.39 is 6.09 Å². The van der Waals surface area contributed by atoms with E-state index in [9.17, 15) is 9.59 Å². The molecule has 7 nitrogen and oxygen atoms in total. The average Bonchev–Trinajstić information content (AvgIpc) is 3.03. The first-order valence-corrected chi connectivity index (χ1v) is 12.0. The molecule has 2 aromatic rings. The van der Waals surface area contributed by atoms with Gasteiger partial charge in [-0.05, 0) is 69.0 Å². The summed E-state index contributed by atoms with van der Waals surface area (Å²) in [6.45, 7) is 5.83. The maximum atomic E-state index is 12.3. The molecule has 7 heteroatoms. The first-order chi connectivity index (χ1) is 15.5. The van der Waals surface area contributed by atoms with Gasteiger partial charge in [0.15, 0.2) is 0 Å². The molecule has 1 aliphatic carbocycles. The molecule has 32 heavy (non-hydrogen) atoms. The highest BCUT2D eigenvalue weighted by atomic mass is 16.6. The van der Waals surface area contributed by atoms with E-state index in [4.69, 9.17) is 4.74 Å². The minimum absolute atomic E-state index is 0.404. The second kappa shape index (κ2) is 8.52. The fraction of sp³-hybridized carbons (Fsp3) is 0.600. The smallest absolute Gasteiger partial charge is 0.410 e. The van der Waals surface area contributed by atoms with Crippen molar-refractivity contribution >= 4 is 23.4 Å². The Bertz CT molecular complexity index is 1030. The van der Waals surface area contributed by atoms with Crippen molar-refractivity contribution in [1.82, 2.24) is 19.7 Å². The summed E-state index contributed by atoms with van der Waals surface area (Å²) in [5, 5.41) is 3.83. The highest BCUT2D eigenvalue weighted by Gasteiger charge is 2.49. The van der Waals surface area contributed by atoms with E-state index in [2.05, 4.69) is 17.1 Å². The van der Waals surface area contributed by atoms with Gasteiger partial charge in [-0.25, -0.2) is 4.79 Å². The van der Waals surface area contributed by atoms with Gasteiger partial charge in [-0.3, -0.25) is 14.3 Å². The molecule has 172 valence electrons. The lowest BCUT2D eigenvalue weighted by Crippen LogP contribution is -2.56. The van der Waals surface area contributed by atoms with Gasteiger partial charge in [-0.15, -0.1) is 0 Å².